The highest BCUT2D eigenvalue weighted by molar-refractivity contribution is 7.80. The van der Waals surface area contributed by atoms with Gasteiger partial charge < -0.3 is 10.6 Å². The summed E-state index contributed by atoms with van der Waals surface area (Å²) in [5.74, 6) is 0.786. The van der Waals surface area contributed by atoms with E-state index < -0.39 is 0 Å². The highest BCUT2D eigenvalue weighted by atomic mass is 32.1. The third-order valence-corrected chi connectivity index (χ3v) is 2.36. The number of hydrogen-bond donors (Lipinski definition) is 1. The van der Waals surface area contributed by atoms with Crippen molar-refractivity contribution < 1.29 is 0 Å². The smallest absolute Gasteiger partial charge is 0.161 e. The lowest BCUT2D eigenvalue weighted by Gasteiger charge is -2.22. The summed E-state index contributed by atoms with van der Waals surface area (Å²) in [7, 11) is 0. The number of anilines is 1. The summed E-state index contributed by atoms with van der Waals surface area (Å²) in [4.78, 5) is 2.50. The van der Waals surface area contributed by atoms with Gasteiger partial charge in [-0.05, 0) is 19.4 Å². The molecule has 0 aliphatic rings. The molecule has 1 aromatic rings. The first-order chi connectivity index (χ1) is 7.20. The van der Waals surface area contributed by atoms with Crippen molar-refractivity contribution >= 4 is 23.0 Å². The summed E-state index contributed by atoms with van der Waals surface area (Å²) in [6, 6.07) is 1.81. The Kier molecular flexibility index (Phi) is 4.42. The molecule has 0 atom stereocenters. The zero-order chi connectivity index (χ0) is 11.3. The molecule has 4 nitrogen and oxygen atoms in total. The topological polar surface area (TPSA) is 55.0 Å². The van der Waals surface area contributed by atoms with Crippen LogP contribution in [-0.2, 0) is 0 Å². The second kappa shape index (κ2) is 5.60. The van der Waals surface area contributed by atoms with E-state index in [9.17, 15) is 0 Å². The zero-order valence-electron chi connectivity index (χ0n) is 9.10. The van der Waals surface area contributed by atoms with Gasteiger partial charge in [0.25, 0.3) is 0 Å². The summed E-state index contributed by atoms with van der Waals surface area (Å²) in [6.07, 6.45) is 2.67. The maximum atomic E-state index is 5.64. The second-order valence-corrected chi connectivity index (χ2v) is 3.65. The highest BCUT2D eigenvalue weighted by Crippen LogP contribution is 2.15. The molecule has 0 unspecified atom stereocenters. The summed E-state index contributed by atoms with van der Waals surface area (Å²) >= 11 is 4.98. The first-order valence-electron chi connectivity index (χ1n) is 5.07. The zero-order valence-corrected chi connectivity index (χ0v) is 9.92. The second-order valence-electron chi connectivity index (χ2n) is 3.21. The fourth-order valence-corrected chi connectivity index (χ4v) is 1.59. The third kappa shape index (κ3) is 2.86. The lowest BCUT2D eigenvalue weighted by molar-refractivity contribution is 0.766. The van der Waals surface area contributed by atoms with Crippen LogP contribution in [0.4, 0.5) is 5.82 Å². The van der Waals surface area contributed by atoms with E-state index in [0.29, 0.717) is 4.99 Å². The van der Waals surface area contributed by atoms with Gasteiger partial charge in [0.2, 0.25) is 0 Å². The van der Waals surface area contributed by atoms with Gasteiger partial charge in [-0.1, -0.05) is 19.1 Å². The minimum atomic E-state index is 0.370. The summed E-state index contributed by atoms with van der Waals surface area (Å²) in [5.41, 5.74) is 6.44. The normalized spacial score (nSPS) is 10.0. The molecule has 0 radical (unpaired) electrons. The molecule has 15 heavy (non-hydrogen) atoms. The Hall–Kier alpha value is -1.23. The highest BCUT2D eigenvalue weighted by Gasteiger charge is 2.12. The summed E-state index contributed by atoms with van der Waals surface area (Å²) in [5, 5.41) is 7.97. The van der Waals surface area contributed by atoms with Crippen molar-refractivity contribution in [1.82, 2.24) is 10.2 Å². The van der Waals surface area contributed by atoms with Crippen LogP contribution in [-0.4, -0.2) is 28.3 Å². The fourth-order valence-electron chi connectivity index (χ4n) is 1.43. The fraction of sp³-hybridized carbons (Fsp3) is 0.500. The molecule has 5 heteroatoms. The molecule has 0 amide bonds. The molecule has 0 saturated carbocycles. The largest absolute Gasteiger partial charge is 0.389 e. The number of nitrogens with two attached hydrogens (primary N) is 1. The summed E-state index contributed by atoms with van der Waals surface area (Å²) < 4.78 is 0. The molecule has 1 rings (SSSR count). The van der Waals surface area contributed by atoms with Crippen LogP contribution in [0, 0.1) is 0 Å². The van der Waals surface area contributed by atoms with Crippen LogP contribution in [0.2, 0.25) is 0 Å². The minimum absolute atomic E-state index is 0.370. The van der Waals surface area contributed by atoms with E-state index in [-0.39, 0.29) is 0 Å². The van der Waals surface area contributed by atoms with Crippen molar-refractivity contribution in [2.75, 3.05) is 18.0 Å². The van der Waals surface area contributed by atoms with E-state index in [1.54, 1.807) is 6.20 Å². The number of rotatable bonds is 5. The molecule has 0 spiro atoms. The Morgan fingerprint density at radius 3 is 2.80 bits per heavy atom. The standard InChI is InChI=1S/C10H16N4S/c1-3-7-14(4-2)10-8(9(11)15)5-6-12-13-10/h5-6H,3-4,7H2,1-2H3,(H2,11,15). The van der Waals surface area contributed by atoms with Crippen molar-refractivity contribution in [2.45, 2.75) is 20.3 Å². The van der Waals surface area contributed by atoms with Gasteiger partial charge >= 0.3 is 0 Å². The lowest BCUT2D eigenvalue weighted by atomic mass is 10.2. The first kappa shape index (κ1) is 11.8. The number of hydrogen-bond acceptors (Lipinski definition) is 4. The number of aromatic nitrogens is 2. The van der Waals surface area contributed by atoms with E-state index in [1.807, 2.05) is 6.07 Å². The van der Waals surface area contributed by atoms with Crippen LogP contribution in [0.3, 0.4) is 0 Å². The predicted molar refractivity (Wildman–Crippen MR) is 66.1 cm³/mol. The van der Waals surface area contributed by atoms with Crippen molar-refractivity contribution in [3.05, 3.63) is 17.8 Å². The maximum absolute atomic E-state index is 5.64. The van der Waals surface area contributed by atoms with Crippen LogP contribution in [0.5, 0.6) is 0 Å². The lowest BCUT2D eigenvalue weighted by Crippen LogP contribution is -2.28. The minimum Gasteiger partial charge on any atom is -0.389 e. The van der Waals surface area contributed by atoms with Gasteiger partial charge in [0, 0.05) is 13.1 Å². The van der Waals surface area contributed by atoms with Gasteiger partial charge in [0.15, 0.2) is 5.82 Å². The van der Waals surface area contributed by atoms with E-state index in [4.69, 9.17) is 18.0 Å². The molecule has 0 fully saturated rings. The van der Waals surface area contributed by atoms with Gasteiger partial charge in [-0.2, -0.15) is 5.10 Å². The molecule has 0 aliphatic heterocycles. The van der Waals surface area contributed by atoms with Gasteiger partial charge in [-0.25, -0.2) is 0 Å². The molecule has 0 saturated heterocycles. The average Bonchev–Trinajstić information content (AvgIpc) is 2.26. The summed E-state index contributed by atoms with van der Waals surface area (Å²) in [6.45, 7) is 6.01. The van der Waals surface area contributed by atoms with E-state index in [2.05, 4.69) is 28.9 Å². The molecule has 1 aromatic heterocycles. The van der Waals surface area contributed by atoms with Gasteiger partial charge in [0.1, 0.15) is 4.99 Å². The van der Waals surface area contributed by atoms with Crippen molar-refractivity contribution in [2.24, 2.45) is 5.73 Å². The van der Waals surface area contributed by atoms with Crippen molar-refractivity contribution in [1.29, 1.82) is 0 Å². The molecule has 0 aliphatic carbocycles. The Labute approximate surface area is 95.5 Å². The number of nitrogens with zero attached hydrogens (tertiary/aromatic N) is 3. The molecular formula is C10H16N4S. The van der Waals surface area contributed by atoms with Crippen LogP contribution in [0.25, 0.3) is 0 Å². The van der Waals surface area contributed by atoms with Crippen LogP contribution >= 0.6 is 12.2 Å². The Bertz CT molecular complexity index is 340. The quantitative estimate of drug-likeness (QED) is 0.765. The van der Waals surface area contributed by atoms with Gasteiger partial charge in [-0.3, -0.25) is 0 Å². The van der Waals surface area contributed by atoms with E-state index in [0.717, 1.165) is 30.9 Å². The Morgan fingerprint density at radius 1 is 1.53 bits per heavy atom. The van der Waals surface area contributed by atoms with Crippen LogP contribution in [0.1, 0.15) is 25.8 Å². The van der Waals surface area contributed by atoms with Crippen LogP contribution in [0.15, 0.2) is 12.3 Å². The number of thiocarbonyl (C=S) groups is 1. The molecule has 2 N–H and O–H groups in total. The molecule has 1 heterocycles. The van der Waals surface area contributed by atoms with E-state index >= 15 is 0 Å². The average molecular weight is 224 g/mol. The molecule has 82 valence electrons. The van der Waals surface area contributed by atoms with E-state index in [1.165, 1.54) is 0 Å². The monoisotopic (exact) mass is 224 g/mol. The SMILES string of the molecule is CCCN(CC)c1nnccc1C(N)=S. The Morgan fingerprint density at radius 2 is 2.27 bits per heavy atom. The predicted octanol–water partition coefficient (Wildman–Crippen LogP) is 1.35. The molecule has 0 bridgehead atoms. The van der Waals surface area contributed by atoms with Crippen molar-refractivity contribution in [3.8, 4) is 0 Å². The third-order valence-electron chi connectivity index (χ3n) is 2.14. The maximum Gasteiger partial charge on any atom is 0.161 e. The Balaban J connectivity index is 3.04. The molecule has 0 aromatic carbocycles. The van der Waals surface area contributed by atoms with Crippen LogP contribution < -0.4 is 10.6 Å². The van der Waals surface area contributed by atoms with Gasteiger partial charge in [0.05, 0.1) is 11.8 Å². The van der Waals surface area contributed by atoms with Gasteiger partial charge in [-0.15, -0.1) is 5.10 Å². The first-order valence-corrected chi connectivity index (χ1v) is 5.48. The van der Waals surface area contributed by atoms with Crippen molar-refractivity contribution in [3.63, 3.8) is 0 Å². The molecular weight excluding hydrogens is 208 g/mol.